The summed E-state index contributed by atoms with van der Waals surface area (Å²) in [5.74, 6) is 0.596. The van der Waals surface area contributed by atoms with Crippen molar-refractivity contribution >= 4 is 0 Å². The first-order valence-corrected chi connectivity index (χ1v) is 6.33. The molecule has 0 aromatic heterocycles. The van der Waals surface area contributed by atoms with E-state index in [9.17, 15) is 5.11 Å². The summed E-state index contributed by atoms with van der Waals surface area (Å²) in [6.07, 6.45) is -0.698. The van der Waals surface area contributed by atoms with Gasteiger partial charge in [-0.3, -0.25) is 0 Å². The highest BCUT2D eigenvalue weighted by atomic mass is 16.5. The minimum absolute atomic E-state index is 0.0585. The van der Waals surface area contributed by atoms with Crippen LogP contribution >= 0.6 is 0 Å². The van der Waals surface area contributed by atoms with Crippen LogP contribution in [-0.4, -0.2) is 55.8 Å². The summed E-state index contributed by atoms with van der Waals surface area (Å²) < 4.78 is 10.3. The second kappa shape index (κ2) is 9.28. The largest absolute Gasteiger partial charge is 0.491 e. The van der Waals surface area contributed by atoms with Gasteiger partial charge in [0.1, 0.15) is 18.5 Å². The van der Waals surface area contributed by atoms with Gasteiger partial charge in [-0.1, -0.05) is 0 Å². The summed E-state index contributed by atoms with van der Waals surface area (Å²) in [4.78, 5) is 0. The summed E-state index contributed by atoms with van der Waals surface area (Å²) in [6.45, 7) is 0.742. The Labute approximate surface area is 118 Å². The van der Waals surface area contributed by atoms with Gasteiger partial charge in [0.2, 0.25) is 0 Å². The molecule has 0 spiro atoms. The first kappa shape index (κ1) is 16.4. The minimum atomic E-state index is -0.698. The maximum absolute atomic E-state index is 9.76. The van der Waals surface area contributed by atoms with Crippen molar-refractivity contribution in [2.45, 2.75) is 12.1 Å². The Kier molecular flexibility index (Phi) is 7.62. The number of benzene rings is 1. The number of ether oxygens (including phenoxy) is 2. The fourth-order valence-electron chi connectivity index (χ4n) is 1.56. The summed E-state index contributed by atoms with van der Waals surface area (Å²) in [5, 5.41) is 30.4. The molecule has 2 unspecified atom stereocenters. The van der Waals surface area contributed by atoms with Crippen LogP contribution in [0.25, 0.3) is 0 Å². The molecule has 0 aliphatic rings. The van der Waals surface area contributed by atoms with Crippen LogP contribution < -0.4 is 10.1 Å². The van der Waals surface area contributed by atoms with E-state index in [1.165, 1.54) is 0 Å². The molecule has 0 aliphatic carbocycles. The Morgan fingerprint density at radius 1 is 1.30 bits per heavy atom. The monoisotopic (exact) mass is 280 g/mol. The average molecular weight is 280 g/mol. The van der Waals surface area contributed by atoms with E-state index in [1.54, 1.807) is 31.4 Å². The zero-order valence-electron chi connectivity index (χ0n) is 11.5. The Morgan fingerprint density at radius 2 is 2.00 bits per heavy atom. The fourth-order valence-corrected chi connectivity index (χ4v) is 1.56. The first-order chi connectivity index (χ1) is 9.69. The van der Waals surface area contributed by atoms with Crippen molar-refractivity contribution < 1.29 is 19.7 Å². The molecule has 0 bridgehead atoms. The second-order valence-corrected chi connectivity index (χ2v) is 4.34. The minimum Gasteiger partial charge on any atom is -0.491 e. The molecule has 0 radical (unpaired) electrons. The normalized spacial score (nSPS) is 13.5. The molecule has 0 aliphatic heterocycles. The topological polar surface area (TPSA) is 94.7 Å². The summed E-state index contributed by atoms with van der Waals surface area (Å²) in [6, 6.07) is 8.48. The molecule has 6 heteroatoms. The molecule has 20 heavy (non-hydrogen) atoms. The van der Waals surface area contributed by atoms with Gasteiger partial charge in [0.15, 0.2) is 0 Å². The van der Waals surface area contributed by atoms with Gasteiger partial charge >= 0.3 is 0 Å². The number of methoxy groups -OCH3 is 1. The van der Waals surface area contributed by atoms with Crippen LogP contribution in [-0.2, 0) is 4.74 Å². The van der Waals surface area contributed by atoms with E-state index >= 15 is 0 Å². The lowest BCUT2D eigenvalue weighted by molar-refractivity contribution is 0.0854. The fraction of sp³-hybridized carbons (Fsp3) is 0.500. The molecule has 0 saturated heterocycles. The highest BCUT2D eigenvalue weighted by Crippen LogP contribution is 2.11. The third-order valence-electron chi connectivity index (χ3n) is 2.66. The molecule has 0 saturated carbocycles. The number of rotatable bonds is 9. The van der Waals surface area contributed by atoms with Gasteiger partial charge < -0.3 is 25.0 Å². The Morgan fingerprint density at radius 3 is 2.55 bits per heavy atom. The quantitative estimate of drug-likeness (QED) is 0.584. The number of hydrogen-bond acceptors (Lipinski definition) is 6. The van der Waals surface area contributed by atoms with Crippen LogP contribution in [0.3, 0.4) is 0 Å². The Bertz CT molecular complexity index is 416. The highest BCUT2D eigenvalue weighted by molar-refractivity contribution is 5.34. The van der Waals surface area contributed by atoms with Gasteiger partial charge in [-0.05, 0) is 24.3 Å². The lowest BCUT2D eigenvalue weighted by Crippen LogP contribution is -2.42. The maximum Gasteiger partial charge on any atom is 0.119 e. The first-order valence-electron chi connectivity index (χ1n) is 6.33. The molecule has 6 nitrogen and oxygen atoms in total. The molecule has 0 amide bonds. The Hall–Kier alpha value is -1.65. The van der Waals surface area contributed by atoms with Crippen molar-refractivity contribution in [2.75, 3.05) is 33.5 Å². The number of hydrogen-bond donors (Lipinski definition) is 3. The second-order valence-electron chi connectivity index (χ2n) is 4.34. The maximum atomic E-state index is 9.76. The predicted molar refractivity (Wildman–Crippen MR) is 73.4 cm³/mol. The number of nitrogens with one attached hydrogen (secondary N) is 1. The van der Waals surface area contributed by atoms with Crippen LogP contribution in [0, 0.1) is 11.3 Å². The van der Waals surface area contributed by atoms with E-state index in [0.717, 1.165) is 0 Å². The van der Waals surface area contributed by atoms with Gasteiger partial charge in [0.05, 0.1) is 30.9 Å². The Balaban J connectivity index is 2.28. The smallest absolute Gasteiger partial charge is 0.119 e. The van der Waals surface area contributed by atoms with Crippen molar-refractivity contribution in [3.63, 3.8) is 0 Å². The number of nitriles is 1. The molecule has 0 fully saturated rings. The van der Waals surface area contributed by atoms with E-state index < -0.39 is 6.10 Å². The zero-order valence-corrected chi connectivity index (χ0v) is 11.5. The number of aliphatic hydroxyl groups excluding tert-OH is 2. The highest BCUT2D eigenvalue weighted by Gasteiger charge is 2.10. The van der Waals surface area contributed by atoms with Gasteiger partial charge in [-0.15, -0.1) is 0 Å². The van der Waals surface area contributed by atoms with E-state index in [1.807, 2.05) is 6.07 Å². The van der Waals surface area contributed by atoms with Crippen molar-refractivity contribution in [3.8, 4) is 11.8 Å². The predicted octanol–water partition coefficient (Wildman–Crippen LogP) is -0.105. The molecule has 0 heterocycles. The van der Waals surface area contributed by atoms with Gasteiger partial charge in [0.25, 0.3) is 0 Å². The molecule has 1 rings (SSSR count). The van der Waals surface area contributed by atoms with Crippen LogP contribution in [0.15, 0.2) is 24.3 Å². The van der Waals surface area contributed by atoms with Crippen molar-refractivity contribution in [1.82, 2.24) is 5.32 Å². The zero-order chi connectivity index (χ0) is 14.8. The number of aliphatic hydroxyl groups is 2. The van der Waals surface area contributed by atoms with E-state index in [4.69, 9.17) is 19.8 Å². The number of nitrogens with zero attached hydrogens (tertiary/aromatic N) is 1. The van der Waals surface area contributed by atoms with Gasteiger partial charge in [-0.2, -0.15) is 5.26 Å². The average Bonchev–Trinajstić information content (AvgIpc) is 2.49. The lowest BCUT2D eigenvalue weighted by Gasteiger charge is -2.18. The van der Waals surface area contributed by atoms with E-state index in [2.05, 4.69) is 5.32 Å². The molecule has 1 aromatic carbocycles. The molecule has 110 valence electrons. The summed E-state index contributed by atoms with van der Waals surface area (Å²) >= 11 is 0. The van der Waals surface area contributed by atoms with E-state index in [-0.39, 0.29) is 19.3 Å². The van der Waals surface area contributed by atoms with Crippen molar-refractivity contribution in [2.24, 2.45) is 0 Å². The summed E-state index contributed by atoms with van der Waals surface area (Å²) in [5.41, 5.74) is 0.560. The van der Waals surface area contributed by atoms with Crippen LogP contribution in [0.1, 0.15) is 5.56 Å². The SMILES string of the molecule is COCC(CO)NCC(O)COc1ccc(C#N)cc1. The lowest BCUT2D eigenvalue weighted by atomic mass is 10.2. The molecule has 1 aromatic rings. The van der Waals surface area contributed by atoms with E-state index in [0.29, 0.717) is 24.5 Å². The summed E-state index contributed by atoms with van der Waals surface area (Å²) in [7, 11) is 1.55. The third kappa shape index (κ3) is 5.99. The molecule has 3 N–H and O–H groups in total. The van der Waals surface area contributed by atoms with Crippen molar-refractivity contribution in [3.05, 3.63) is 29.8 Å². The van der Waals surface area contributed by atoms with Gasteiger partial charge in [-0.25, -0.2) is 0 Å². The van der Waals surface area contributed by atoms with Crippen molar-refractivity contribution in [1.29, 1.82) is 5.26 Å². The molecular formula is C14H20N2O4. The molecular weight excluding hydrogens is 260 g/mol. The third-order valence-corrected chi connectivity index (χ3v) is 2.66. The van der Waals surface area contributed by atoms with Crippen LogP contribution in [0.2, 0.25) is 0 Å². The standard InChI is InChI=1S/C14H20N2O4/c1-19-9-12(8-17)16-7-13(18)10-20-14-4-2-11(6-15)3-5-14/h2-5,12-13,16-18H,7-10H2,1H3. The van der Waals surface area contributed by atoms with Crippen LogP contribution in [0.4, 0.5) is 0 Å². The van der Waals surface area contributed by atoms with Gasteiger partial charge in [0, 0.05) is 13.7 Å². The van der Waals surface area contributed by atoms with Crippen LogP contribution in [0.5, 0.6) is 5.75 Å². The molecule has 2 atom stereocenters.